The van der Waals surface area contributed by atoms with Gasteiger partial charge in [0.1, 0.15) is 5.82 Å². The maximum atomic E-state index is 11.8. The number of aromatic nitrogens is 2. The maximum absolute atomic E-state index is 11.8. The summed E-state index contributed by atoms with van der Waals surface area (Å²) in [5, 5.41) is 6.83. The van der Waals surface area contributed by atoms with Crippen LogP contribution in [0.25, 0.3) is 0 Å². The molecule has 0 bridgehead atoms. The summed E-state index contributed by atoms with van der Waals surface area (Å²) in [7, 11) is 0. The normalized spacial score (nSPS) is 25.5. The van der Waals surface area contributed by atoms with Crippen LogP contribution in [0.3, 0.4) is 0 Å². The van der Waals surface area contributed by atoms with Crippen LogP contribution in [-0.2, 0) is 0 Å². The third-order valence-electron chi connectivity index (χ3n) is 5.88. The van der Waals surface area contributed by atoms with Crippen LogP contribution in [0.2, 0.25) is 0 Å². The molecule has 2 aliphatic rings. The van der Waals surface area contributed by atoms with Crippen LogP contribution < -0.4 is 22.1 Å². The molecule has 1 atom stereocenters. The van der Waals surface area contributed by atoms with Gasteiger partial charge >= 0.3 is 0 Å². The Balaban J connectivity index is 1.69. The molecule has 1 heterocycles. The van der Waals surface area contributed by atoms with Gasteiger partial charge in [0.25, 0.3) is 5.91 Å². The highest BCUT2D eigenvalue weighted by molar-refractivity contribution is 5.97. The second-order valence-corrected chi connectivity index (χ2v) is 7.91. The molecule has 144 valence electrons. The molecule has 7 heteroatoms. The van der Waals surface area contributed by atoms with Gasteiger partial charge in [-0.15, -0.1) is 0 Å². The standard InChI is InChI=1S/C19H32N6O/c1-12(13-5-3-2-4-6-13)23-19-22-11-16(17(21)26)18(25-19)24-15-9-7-14(20)8-10-15/h11-15H,2-10,20H2,1H3,(H2,21,26)(H2,22,23,24,25)/t12-,14-,15-/m0/s1. The number of hydrogen-bond acceptors (Lipinski definition) is 6. The molecule has 6 N–H and O–H groups in total. The first-order chi connectivity index (χ1) is 12.5. The van der Waals surface area contributed by atoms with Gasteiger partial charge in [0, 0.05) is 24.3 Å². The Kier molecular flexibility index (Phi) is 6.29. The average molecular weight is 361 g/mol. The lowest BCUT2D eigenvalue weighted by Gasteiger charge is -2.29. The fourth-order valence-corrected chi connectivity index (χ4v) is 4.15. The molecule has 1 amide bonds. The maximum Gasteiger partial charge on any atom is 0.254 e. The second-order valence-electron chi connectivity index (χ2n) is 7.91. The van der Waals surface area contributed by atoms with Crippen molar-refractivity contribution < 1.29 is 4.79 Å². The number of carbonyl (C=O) groups is 1. The number of anilines is 2. The summed E-state index contributed by atoms with van der Waals surface area (Å²) in [4.78, 5) is 20.7. The zero-order valence-electron chi connectivity index (χ0n) is 15.7. The molecular formula is C19H32N6O. The lowest BCUT2D eigenvalue weighted by molar-refractivity contribution is 0.100. The lowest BCUT2D eigenvalue weighted by Crippen LogP contribution is -2.34. The fourth-order valence-electron chi connectivity index (χ4n) is 4.15. The van der Waals surface area contributed by atoms with E-state index in [1.54, 1.807) is 0 Å². The molecule has 0 saturated heterocycles. The molecule has 3 rings (SSSR count). The molecule has 7 nitrogen and oxygen atoms in total. The van der Waals surface area contributed by atoms with Gasteiger partial charge in [0.15, 0.2) is 0 Å². The topological polar surface area (TPSA) is 119 Å². The van der Waals surface area contributed by atoms with Gasteiger partial charge in [0.05, 0.1) is 5.56 Å². The van der Waals surface area contributed by atoms with E-state index in [4.69, 9.17) is 11.5 Å². The summed E-state index contributed by atoms with van der Waals surface area (Å²) in [5.41, 5.74) is 11.8. The van der Waals surface area contributed by atoms with Crippen molar-refractivity contribution in [2.24, 2.45) is 17.4 Å². The summed E-state index contributed by atoms with van der Waals surface area (Å²) >= 11 is 0. The molecule has 26 heavy (non-hydrogen) atoms. The first-order valence-electron chi connectivity index (χ1n) is 9.98. The van der Waals surface area contributed by atoms with Crippen LogP contribution in [0.1, 0.15) is 75.1 Å². The van der Waals surface area contributed by atoms with Crippen molar-refractivity contribution in [3.05, 3.63) is 11.8 Å². The minimum atomic E-state index is -0.508. The number of rotatable bonds is 6. The van der Waals surface area contributed by atoms with Crippen molar-refractivity contribution in [1.29, 1.82) is 0 Å². The summed E-state index contributed by atoms with van der Waals surface area (Å²) in [6.07, 6.45) is 11.9. The zero-order chi connectivity index (χ0) is 18.5. The highest BCUT2D eigenvalue weighted by atomic mass is 16.1. The monoisotopic (exact) mass is 360 g/mol. The summed E-state index contributed by atoms with van der Waals surface area (Å²) in [6, 6.07) is 0.865. The Morgan fingerprint density at radius 2 is 1.85 bits per heavy atom. The number of nitrogens with zero attached hydrogens (tertiary/aromatic N) is 2. The minimum absolute atomic E-state index is 0.270. The molecule has 0 aliphatic heterocycles. The molecule has 0 unspecified atom stereocenters. The number of primary amides is 1. The van der Waals surface area contributed by atoms with E-state index in [0.29, 0.717) is 29.3 Å². The van der Waals surface area contributed by atoms with Crippen molar-refractivity contribution in [2.45, 2.75) is 82.8 Å². The van der Waals surface area contributed by atoms with Crippen LogP contribution in [0, 0.1) is 5.92 Å². The van der Waals surface area contributed by atoms with Crippen LogP contribution in [0.15, 0.2) is 6.20 Å². The molecule has 1 aromatic heterocycles. The van der Waals surface area contributed by atoms with Crippen LogP contribution in [0.5, 0.6) is 0 Å². The predicted octanol–water partition coefficient (Wildman–Crippen LogP) is 2.64. The first-order valence-corrected chi connectivity index (χ1v) is 9.98. The van der Waals surface area contributed by atoms with Crippen LogP contribution >= 0.6 is 0 Å². The SMILES string of the molecule is C[C@H](Nc1ncc(C(N)=O)c(N[C@H]2CC[C@H](N)CC2)n1)C1CCCCC1. The third-order valence-corrected chi connectivity index (χ3v) is 5.88. The Bertz CT molecular complexity index is 608. The molecule has 0 aromatic carbocycles. The Morgan fingerprint density at radius 1 is 1.15 bits per heavy atom. The van der Waals surface area contributed by atoms with E-state index in [-0.39, 0.29) is 12.1 Å². The fraction of sp³-hybridized carbons (Fsp3) is 0.737. The lowest BCUT2D eigenvalue weighted by atomic mass is 9.85. The van der Waals surface area contributed by atoms with E-state index < -0.39 is 5.91 Å². The predicted molar refractivity (Wildman–Crippen MR) is 104 cm³/mol. The van der Waals surface area contributed by atoms with Gasteiger partial charge in [-0.25, -0.2) is 4.98 Å². The largest absolute Gasteiger partial charge is 0.367 e. The molecule has 2 fully saturated rings. The minimum Gasteiger partial charge on any atom is -0.367 e. The smallest absolute Gasteiger partial charge is 0.254 e. The number of carbonyl (C=O) groups excluding carboxylic acids is 1. The van der Waals surface area contributed by atoms with Gasteiger partial charge in [-0.05, 0) is 51.4 Å². The number of nitrogens with one attached hydrogen (secondary N) is 2. The Labute approximate surface area is 155 Å². The van der Waals surface area contributed by atoms with Gasteiger partial charge in [0.2, 0.25) is 5.95 Å². The second kappa shape index (κ2) is 8.66. The van der Waals surface area contributed by atoms with Crippen molar-refractivity contribution in [3.8, 4) is 0 Å². The van der Waals surface area contributed by atoms with Gasteiger partial charge < -0.3 is 22.1 Å². The Hall–Kier alpha value is -1.89. The van der Waals surface area contributed by atoms with Crippen molar-refractivity contribution >= 4 is 17.7 Å². The third kappa shape index (κ3) is 4.84. The molecule has 2 saturated carbocycles. The van der Waals surface area contributed by atoms with E-state index in [1.807, 2.05) is 0 Å². The summed E-state index contributed by atoms with van der Waals surface area (Å²) < 4.78 is 0. The van der Waals surface area contributed by atoms with E-state index in [0.717, 1.165) is 25.7 Å². The highest BCUT2D eigenvalue weighted by Gasteiger charge is 2.23. The van der Waals surface area contributed by atoms with E-state index in [2.05, 4.69) is 27.5 Å². The highest BCUT2D eigenvalue weighted by Crippen LogP contribution is 2.28. The van der Waals surface area contributed by atoms with Crippen LogP contribution in [0.4, 0.5) is 11.8 Å². The zero-order valence-corrected chi connectivity index (χ0v) is 15.7. The van der Waals surface area contributed by atoms with E-state index in [1.165, 1.54) is 38.3 Å². The van der Waals surface area contributed by atoms with Crippen molar-refractivity contribution in [3.63, 3.8) is 0 Å². The summed E-state index contributed by atoms with van der Waals surface area (Å²) in [6.45, 7) is 2.19. The number of hydrogen-bond donors (Lipinski definition) is 4. The van der Waals surface area contributed by atoms with E-state index in [9.17, 15) is 4.79 Å². The molecular weight excluding hydrogens is 328 g/mol. The molecule has 2 aliphatic carbocycles. The summed E-state index contributed by atoms with van der Waals surface area (Å²) in [5.74, 6) is 1.24. The van der Waals surface area contributed by atoms with Crippen molar-refractivity contribution in [1.82, 2.24) is 9.97 Å². The Morgan fingerprint density at radius 3 is 2.50 bits per heavy atom. The number of amides is 1. The van der Waals surface area contributed by atoms with Crippen molar-refractivity contribution in [2.75, 3.05) is 10.6 Å². The first kappa shape index (κ1) is 18.9. The number of nitrogens with two attached hydrogens (primary N) is 2. The average Bonchev–Trinajstić information content (AvgIpc) is 2.64. The molecule has 0 spiro atoms. The van der Waals surface area contributed by atoms with Gasteiger partial charge in [-0.2, -0.15) is 4.98 Å². The molecule has 0 radical (unpaired) electrons. The molecule has 1 aromatic rings. The quantitative estimate of drug-likeness (QED) is 0.619. The van der Waals surface area contributed by atoms with E-state index >= 15 is 0 Å². The van der Waals surface area contributed by atoms with Gasteiger partial charge in [-0.3, -0.25) is 4.79 Å². The van der Waals surface area contributed by atoms with Crippen LogP contribution in [-0.4, -0.2) is 34.0 Å². The van der Waals surface area contributed by atoms with Gasteiger partial charge in [-0.1, -0.05) is 19.3 Å².